The summed E-state index contributed by atoms with van der Waals surface area (Å²) in [7, 11) is 0. The molecule has 0 aliphatic carbocycles. The average molecular weight is 151 g/mol. The molecule has 11 heavy (non-hydrogen) atoms. The van der Waals surface area contributed by atoms with Gasteiger partial charge in [0.25, 0.3) is 0 Å². The normalized spacial score (nSPS) is 23.9. The molecule has 1 unspecified atom stereocenters. The van der Waals surface area contributed by atoms with Crippen molar-refractivity contribution < 1.29 is 0 Å². The molecular formula is C10H17N. The molecule has 0 N–H and O–H groups in total. The van der Waals surface area contributed by atoms with Gasteiger partial charge in [-0.25, -0.2) is 0 Å². The van der Waals surface area contributed by atoms with E-state index in [1.165, 1.54) is 11.3 Å². The molecule has 0 saturated heterocycles. The van der Waals surface area contributed by atoms with E-state index in [4.69, 9.17) is 0 Å². The second kappa shape index (κ2) is 3.21. The van der Waals surface area contributed by atoms with Crippen LogP contribution in [0.5, 0.6) is 0 Å². The summed E-state index contributed by atoms with van der Waals surface area (Å²) in [5.41, 5.74) is 2.83. The first-order chi connectivity index (χ1) is 5.16. The second-order valence-electron chi connectivity index (χ2n) is 3.48. The summed E-state index contributed by atoms with van der Waals surface area (Å²) in [6.07, 6.45) is 3.14. The highest BCUT2D eigenvalue weighted by Gasteiger charge is 2.20. The molecule has 0 aromatic carbocycles. The van der Waals surface area contributed by atoms with E-state index in [9.17, 15) is 0 Å². The maximum Gasteiger partial charge on any atom is 0.0268 e. The summed E-state index contributed by atoms with van der Waals surface area (Å²) in [4.78, 5) is 4.39. The molecule has 0 fully saturated rings. The first-order valence-electron chi connectivity index (χ1n) is 4.43. The molecule has 0 spiro atoms. The Hall–Kier alpha value is -0.590. The van der Waals surface area contributed by atoms with Gasteiger partial charge in [-0.05, 0) is 17.9 Å². The van der Waals surface area contributed by atoms with Gasteiger partial charge in [-0.15, -0.1) is 0 Å². The van der Waals surface area contributed by atoms with Gasteiger partial charge in [-0.1, -0.05) is 27.7 Å². The molecule has 62 valence electrons. The molecule has 1 aliphatic heterocycles. The molecule has 1 atom stereocenters. The van der Waals surface area contributed by atoms with E-state index < -0.39 is 0 Å². The average Bonchev–Trinajstić information content (AvgIpc) is 2.30. The summed E-state index contributed by atoms with van der Waals surface area (Å²) >= 11 is 0. The first-order valence-corrected chi connectivity index (χ1v) is 4.43. The van der Waals surface area contributed by atoms with Crippen LogP contribution in [0.4, 0.5) is 0 Å². The van der Waals surface area contributed by atoms with Crippen LogP contribution in [0, 0.1) is 11.8 Å². The van der Waals surface area contributed by atoms with Crippen LogP contribution in [-0.4, -0.2) is 5.71 Å². The predicted molar refractivity (Wildman–Crippen MR) is 49.8 cm³/mol. The predicted octanol–water partition coefficient (Wildman–Crippen LogP) is 3.03. The van der Waals surface area contributed by atoms with E-state index in [1.807, 2.05) is 6.20 Å². The van der Waals surface area contributed by atoms with E-state index in [0.717, 1.165) is 6.42 Å². The zero-order valence-corrected chi connectivity index (χ0v) is 7.89. The molecular weight excluding hydrogens is 134 g/mol. The number of allylic oxidation sites excluding steroid dienone is 1. The molecule has 0 amide bonds. The second-order valence-corrected chi connectivity index (χ2v) is 3.48. The molecule has 0 bridgehead atoms. The van der Waals surface area contributed by atoms with Crippen LogP contribution in [0.2, 0.25) is 0 Å². The Morgan fingerprint density at radius 3 is 2.45 bits per heavy atom. The van der Waals surface area contributed by atoms with Gasteiger partial charge >= 0.3 is 0 Å². The summed E-state index contributed by atoms with van der Waals surface area (Å²) in [5, 5.41) is 0. The van der Waals surface area contributed by atoms with Crippen molar-refractivity contribution in [3.63, 3.8) is 0 Å². The minimum absolute atomic E-state index is 0.597. The van der Waals surface area contributed by atoms with E-state index in [0.29, 0.717) is 11.8 Å². The van der Waals surface area contributed by atoms with E-state index >= 15 is 0 Å². The van der Waals surface area contributed by atoms with Crippen molar-refractivity contribution in [2.24, 2.45) is 16.8 Å². The van der Waals surface area contributed by atoms with Gasteiger partial charge in [-0.2, -0.15) is 0 Å². The van der Waals surface area contributed by atoms with Crippen LogP contribution in [0.25, 0.3) is 0 Å². The topological polar surface area (TPSA) is 12.4 Å². The fourth-order valence-electron chi connectivity index (χ4n) is 1.62. The van der Waals surface area contributed by atoms with Crippen LogP contribution in [0.1, 0.15) is 34.1 Å². The zero-order chi connectivity index (χ0) is 8.43. The monoisotopic (exact) mass is 151 g/mol. The van der Waals surface area contributed by atoms with Crippen LogP contribution >= 0.6 is 0 Å². The van der Waals surface area contributed by atoms with Gasteiger partial charge in [0.05, 0.1) is 0 Å². The third kappa shape index (κ3) is 1.52. The van der Waals surface area contributed by atoms with E-state index in [1.54, 1.807) is 0 Å². The number of hydrogen-bond donors (Lipinski definition) is 0. The van der Waals surface area contributed by atoms with Crippen molar-refractivity contribution >= 4 is 5.71 Å². The highest BCUT2D eigenvalue weighted by atomic mass is 14.8. The van der Waals surface area contributed by atoms with Crippen molar-refractivity contribution in [3.05, 3.63) is 11.8 Å². The Kier molecular flexibility index (Phi) is 2.48. The summed E-state index contributed by atoms with van der Waals surface area (Å²) in [5.74, 6) is 1.25. The summed E-state index contributed by atoms with van der Waals surface area (Å²) in [6.45, 7) is 8.89. The Bertz CT molecular complexity index is 199. The molecule has 0 saturated carbocycles. The molecule has 1 heteroatoms. The number of hydrogen-bond acceptors (Lipinski definition) is 1. The standard InChI is InChI=1S/C10H17N/c1-5-10-8(4)9(6-11-10)7(2)3/h6-8H,5H2,1-4H3. The van der Waals surface area contributed by atoms with Gasteiger partial charge in [0, 0.05) is 17.8 Å². The fraction of sp³-hybridized carbons (Fsp3) is 0.700. The van der Waals surface area contributed by atoms with Gasteiger partial charge < -0.3 is 0 Å². The third-order valence-corrected chi connectivity index (χ3v) is 2.41. The number of aliphatic imine (C=N–C) groups is 1. The SMILES string of the molecule is CCC1=NC=C(C(C)C)C1C. The Morgan fingerprint density at radius 1 is 1.55 bits per heavy atom. The van der Waals surface area contributed by atoms with Gasteiger partial charge in [0.15, 0.2) is 0 Å². The first kappa shape index (κ1) is 8.51. The summed E-state index contributed by atoms with van der Waals surface area (Å²) in [6, 6.07) is 0. The lowest BCUT2D eigenvalue weighted by Gasteiger charge is -2.13. The van der Waals surface area contributed by atoms with Crippen molar-refractivity contribution in [1.29, 1.82) is 0 Å². The van der Waals surface area contributed by atoms with Crippen LogP contribution in [0.3, 0.4) is 0 Å². The van der Waals surface area contributed by atoms with Gasteiger partial charge in [-0.3, -0.25) is 4.99 Å². The Labute approximate surface area is 69.2 Å². The van der Waals surface area contributed by atoms with Crippen molar-refractivity contribution in [1.82, 2.24) is 0 Å². The highest BCUT2D eigenvalue weighted by molar-refractivity contribution is 5.91. The quantitative estimate of drug-likeness (QED) is 0.575. The molecule has 1 rings (SSSR count). The Morgan fingerprint density at radius 2 is 2.18 bits per heavy atom. The minimum atomic E-state index is 0.597. The lowest BCUT2D eigenvalue weighted by molar-refractivity contribution is 0.688. The van der Waals surface area contributed by atoms with Crippen LogP contribution < -0.4 is 0 Å². The van der Waals surface area contributed by atoms with Crippen molar-refractivity contribution in [3.8, 4) is 0 Å². The minimum Gasteiger partial charge on any atom is -0.265 e. The van der Waals surface area contributed by atoms with Crippen LogP contribution in [-0.2, 0) is 0 Å². The molecule has 0 aromatic heterocycles. The highest BCUT2D eigenvalue weighted by Crippen LogP contribution is 2.27. The lowest BCUT2D eigenvalue weighted by Crippen LogP contribution is -2.11. The largest absolute Gasteiger partial charge is 0.265 e. The molecule has 0 radical (unpaired) electrons. The van der Waals surface area contributed by atoms with Crippen LogP contribution in [0.15, 0.2) is 16.8 Å². The molecule has 1 nitrogen and oxygen atoms in total. The summed E-state index contributed by atoms with van der Waals surface area (Å²) < 4.78 is 0. The molecule has 1 aliphatic rings. The number of nitrogens with zero attached hydrogens (tertiary/aromatic N) is 1. The van der Waals surface area contributed by atoms with E-state index in [2.05, 4.69) is 32.7 Å². The number of rotatable bonds is 2. The maximum absolute atomic E-state index is 4.39. The smallest absolute Gasteiger partial charge is 0.0268 e. The maximum atomic E-state index is 4.39. The van der Waals surface area contributed by atoms with Gasteiger partial charge in [0.2, 0.25) is 0 Å². The lowest BCUT2D eigenvalue weighted by atomic mass is 9.90. The van der Waals surface area contributed by atoms with Gasteiger partial charge in [0.1, 0.15) is 0 Å². The Balaban J connectivity index is 2.68. The van der Waals surface area contributed by atoms with E-state index in [-0.39, 0.29) is 0 Å². The molecule has 0 aromatic rings. The van der Waals surface area contributed by atoms with Crippen molar-refractivity contribution in [2.45, 2.75) is 34.1 Å². The zero-order valence-electron chi connectivity index (χ0n) is 7.89. The fourth-order valence-corrected chi connectivity index (χ4v) is 1.62. The third-order valence-electron chi connectivity index (χ3n) is 2.41. The van der Waals surface area contributed by atoms with Crippen molar-refractivity contribution in [2.75, 3.05) is 0 Å². The molecule has 1 heterocycles.